The number of rotatable bonds is 0. The Hall–Kier alpha value is -0.530. The highest BCUT2D eigenvalue weighted by Crippen LogP contribution is 2.15. The zero-order valence-electron chi connectivity index (χ0n) is 6.15. The Morgan fingerprint density at radius 3 is 2.56 bits per heavy atom. The van der Waals surface area contributed by atoms with E-state index >= 15 is 0 Å². The van der Waals surface area contributed by atoms with Gasteiger partial charge in [-0.05, 0) is 26.7 Å². The van der Waals surface area contributed by atoms with E-state index in [-0.39, 0.29) is 0 Å². The number of hydrogen-bond donors (Lipinski definition) is 1. The molecule has 1 fully saturated rings. The highest BCUT2D eigenvalue weighted by atomic mass is 15.2. The summed E-state index contributed by atoms with van der Waals surface area (Å²) in [5, 5.41) is 7.35. The Kier molecular flexibility index (Phi) is 1.74. The van der Waals surface area contributed by atoms with Gasteiger partial charge in [0.1, 0.15) is 0 Å². The summed E-state index contributed by atoms with van der Waals surface area (Å²) in [6, 6.07) is 0.613. The third-order valence-electron chi connectivity index (χ3n) is 1.98. The molecule has 0 aromatic rings. The van der Waals surface area contributed by atoms with Crippen molar-refractivity contribution in [1.29, 1.82) is 5.41 Å². The van der Waals surface area contributed by atoms with Crippen LogP contribution in [0.3, 0.4) is 0 Å². The number of amidine groups is 1. The maximum atomic E-state index is 7.35. The van der Waals surface area contributed by atoms with Gasteiger partial charge in [0.15, 0.2) is 0 Å². The molecule has 1 heterocycles. The molecule has 0 aromatic heterocycles. The van der Waals surface area contributed by atoms with E-state index in [1.54, 1.807) is 0 Å². The molecule has 0 aliphatic carbocycles. The Morgan fingerprint density at radius 2 is 2.33 bits per heavy atom. The third-order valence-corrected chi connectivity index (χ3v) is 1.98. The van der Waals surface area contributed by atoms with Crippen molar-refractivity contribution in [3.05, 3.63) is 0 Å². The molecular weight excluding hydrogens is 112 g/mol. The van der Waals surface area contributed by atoms with Crippen molar-refractivity contribution in [2.75, 3.05) is 6.54 Å². The summed E-state index contributed by atoms with van der Waals surface area (Å²) >= 11 is 0. The molecule has 1 saturated heterocycles. The van der Waals surface area contributed by atoms with Gasteiger partial charge in [0.25, 0.3) is 0 Å². The quantitative estimate of drug-likeness (QED) is 0.386. The second-order valence-corrected chi connectivity index (χ2v) is 2.77. The number of hydrogen-bond acceptors (Lipinski definition) is 1. The van der Waals surface area contributed by atoms with E-state index in [9.17, 15) is 0 Å². The summed E-state index contributed by atoms with van der Waals surface area (Å²) in [5.74, 6) is 0.722. The van der Waals surface area contributed by atoms with E-state index in [1.807, 2.05) is 6.92 Å². The normalized spacial score (nSPS) is 26.9. The molecule has 1 aliphatic heterocycles. The Bertz CT molecular complexity index is 120. The summed E-state index contributed by atoms with van der Waals surface area (Å²) in [7, 11) is 0. The van der Waals surface area contributed by atoms with Crippen molar-refractivity contribution in [3.8, 4) is 0 Å². The molecule has 0 bridgehead atoms. The molecule has 2 nitrogen and oxygen atoms in total. The molecule has 0 spiro atoms. The fourth-order valence-corrected chi connectivity index (χ4v) is 1.43. The average Bonchev–Trinajstić information content (AvgIpc) is 2.13. The molecule has 0 radical (unpaired) electrons. The molecule has 0 saturated carbocycles. The fourth-order valence-electron chi connectivity index (χ4n) is 1.43. The van der Waals surface area contributed by atoms with E-state index < -0.39 is 0 Å². The molecule has 1 atom stereocenters. The topological polar surface area (TPSA) is 27.1 Å². The van der Waals surface area contributed by atoms with E-state index in [0.717, 1.165) is 12.4 Å². The van der Waals surface area contributed by atoms with Crippen molar-refractivity contribution in [3.63, 3.8) is 0 Å². The van der Waals surface area contributed by atoms with Crippen LogP contribution < -0.4 is 0 Å². The molecule has 1 aliphatic rings. The minimum atomic E-state index is 0.613. The maximum Gasteiger partial charge on any atom is 0.0928 e. The van der Waals surface area contributed by atoms with Crippen LogP contribution in [0.5, 0.6) is 0 Å². The van der Waals surface area contributed by atoms with Crippen LogP contribution in [0, 0.1) is 5.41 Å². The summed E-state index contributed by atoms with van der Waals surface area (Å²) < 4.78 is 0. The predicted molar refractivity (Wildman–Crippen MR) is 38.8 cm³/mol. The van der Waals surface area contributed by atoms with Crippen molar-refractivity contribution < 1.29 is 0 Å². The van der Waals surface area contributed by atoms with Crippen LogP contribution in [0.25, 0.3) is 0 Å². The van der Waals surface area contributed by atoms with Crippen molar-refractivity contribution in [2.24, 2.45) is 0 Å². The second-order valence-electron chi connectivity index (χ2n) is 2.77. The van der Waals surface area contributed by atoms with Gasteiger partial charge in [-0.15, -0.1) is 0 Å². The molecule has 0 aromatic carbocycles. The van der Waals surface area contributed by atoms with Gasteiger partial charge < -0.3 is 4.90 Å². The Morgan fingerprint density at radius 1 is 1.67 bits per heavy atom. The highest BCUT2D eigenvalue weighted by Gasteiger charge is 2.19. The van der Waals surface area contributed by atoms with Gasteiger partial charge in [-0.25, -0.2) is 0 Å². The van der Waals surface area contributed by atoms with E-state index in [0.29, 0.717) is 6.04 Å². The van der Waals surface area contributed by atoms with Gasteiger partial charge in [-0.2, -0.15) is 0 Å². The lowest BCUT2D eigenvalue weighted by atomic mass is 10.2. The van der Waals surface area contributed by atoms with Crippen molar-refractivity contribution in [2.45, 2.75) is 32.7 Å². The third kappa shape index (κ3) is 1.23. The second kappa shape index (κ2) is 2.38. The standard InChI is InChI=1S/C7H14N2/c1-6-4-3-5-9(6)7(2)8/h6,8H,3-5H2,1-2H3. The molecule has 9 heavy (non-hydrogen) atoms. The smallest absolute Gasteiger partial charge is 0.0928 e. The monoisotopic (exact) mass is 126 g/mol. The molecular formula is C7H14N2. The van der Waals surface area contributed by atoms with Crippen LogP contribution in [0.2, 0.25) is 0 Å². The zero-order chi connectivity index (χ0) is 6.85. The first-order valence-electron chi connectivity index (χ1n) is 3.53. The van der Waals surface area contributed by atoms with Crippen LogP contribution >= 0.6 is 0 Å². The number of nitrogens with one attached hydrogen (secondary N) is 1. The molecule has 52 valence electrons. The lowest BCUT2D eigenvalue weighted by Crippen LogP contribution is -2.30. The van der Waals surface area contributed by atoms with Gasteiger partial charge in [-0.1, -0.05) is 0 Å². The van der Waals surface area contributed by atoms with E-state index in [1.165, 1.54) is 12.8 Å². The van der Waals surface area contributed by atoms with Crippen molar-refractivity contribution >= 4 is 5.84 Å². The maximum absolute atomic E-state index is 7.35. The van der Waals surface area contributed by atoms with Gasteiger partial charge in [0, 0.05) is 12.6 Å². The predicted octanol–water partition coefficient (Wildman–Crippen LogP) is 1.47. The largest absolute Gasteiger partial charge is 0.358 e. The molecule has 1 N–H and O–H groups in total. The summed E-state index contributed by atoms with van der Waals surface area (Å²) in [6.07, 6.45) is 2.52. The van der Waals surface area contributed by atoms with Crippen LogP contribution in [-0.4, -0.2) is 23.3 Å². The molecule has 1 rings (SSSR count). The minimum Gasteiger partial charge on any atom is -0.358 e. The van der Waals surface area contributed by atoms with Gasteiger partial charge >= 0.3 is 0 Å². The van der Waals surface area contributed by atoms with Crippen LogP contribution in [0.4, 0.5) is 0 Å². The first-order chi connectivity index (χ1) is 4.22. The summed E-state index contributed by atoms with van der Waals surface area (Å²) in [5.41, 5.74) is 0. The SMILES string of the molecule is CC(=N)N1CCCC1C. The van der Waals surface area contributed by atoms with Crippen LogP contribution in [0.15, 0.2) is 0 Å². The molecule has 1 unspecified atom stereocenters. The van der Waals surface area contributed by atoms with Crippen LogP contribution in [-0.2, 0) is 0 Å². The highest BCUT2D eigenvalue weighted by molar-refractivity contribution is 5.76. The first kappa shape index (κ1) is 6.59. The summed E-state index contributed by atoms with van der Waals surface area (Å²) in [4.78, 5) is 2.15. The lowest BCUT2D eigenvalue weighted by molar-refractivity contribution is 0.410. The van der Waals surface area contributed by atoms with Crippen LogP contribution in [0.1, 0.15) is 26.7 Å². The van der Waals surface area contributed by atoms with Gasteiger partial charge in [-0.3, -0.25) is 5.41 Å². The first-order valence-corrected chi connectivity index (χ1v) is 3.53. The lowest BCUT2D eigenvalue weighted by Gasteiger charge is -2.21. The Balaban J connectivity index is 2.49. The van der Waals surface area contributed by atoms with Gasteiger partial charge in [0.05, 0.1) is 5.84 Å². The zero-order valence-corrected chi connectivity index (χ0v) is 6.15. The van der Waals surface area contributed by atoms with E-state index in [2.05, 4.69) is 11.8 Å². The van der Waals surface area contributed by atoms with E-state index in [4.69, 9.17) is 5.41 Å². The molecule has 0 amide bonds. The Labute approximate surface area is 56.4 Å². The number of likely N-dealkylation sites (tertiary alicyclic amines) is 1. The average molecular weight is 126 g/mol. The van der Waals surface area contributed by atoms with Crippen molar-refractivity contribution in [1.82, 2.24) is 4.90 Å². The minimum absolute atomic E-state index is 0.613. The number of nitrogens with zero attached hydrogens (tertiary/aromatic N) is 1. The fraction of sp³-hybridized carbons (Fsp3) is 0.857. The summed E-state index contributed by atoms with van der Waals surface area (Å²) in [6.45, 7) is 5.14. The molecule has 2 heteroatoms. The van der Waals surface area contributed by atoms with Gasteiger partial charge in [0.2, 0.25) is 0 Å².